The highest BCUT2D eigenvalue weighted by Gasteiger charge is 2.23. The minimum Gasteiger partial charge on any atom is -0.324 e. The van der Waals surface area contributed by atoms with Gasteiger partial charge >= 0.3 is 0 Å². The fraction of sp³-hybridized carbons (Fsp3) is 0.529. The molecule has 0 heterocycles. The summed E-state index contributed by atoms with van der Waals surface area (Å²) in [5.41, 5.74) is 7.44. The minimum absolute atomic E-state index is 0.148. The summed E-state index contributed by atoms with van der Waals surface area (Å²) >= 11 is 0. The van der Waals surface area contributed by atoms with Crippen molar-refractivity contribution < 1.29 is 0 Å². The van der Waals surface area contributed by atoms with Crippen molar-refractivity contribution in [2.75, 3.05) is 19.6 Å². The van der Waals surface area contributed by atoms with E-state index in [-0.39, 0.29) is 6.04 Å². The van der Waals surface area contributed by atoms with Gasteiger partial charge in [0.15, 0.2) is 0 Å². The minimum atomic E-state index is 0.148. The Labute approximate surface area is 117 Å². The summed E-state index contributed by atoms with van der Waals surface area (Å²) in [5.74, 6) is 3.66. The topological polar surface area (TPSA) is 29.3 Å². The van der Waals surface area contributed by atoms with E-state index in [1.54, 1.807) is 0 Å². The molecule has 19 heavy (non-hydrogen) atoms. The third kappa shape index (κ3) is 5.06. The lowest BCUT2D eigenvalue weighted by molar-refractivity contribution is 0.285. The first-order chi connectivity index (χ1) is 9.29. The SMILES string of the molecule is C#CCN(CCCC(N)c1ccccc1)CC1CC1. The molecule has 1 fully saturated rings. The Kier molecular flexibility index (Phi) is 5.44. The second-order valence-electron chi connectivity index (χ2n) is 5.54. The number of nitrogens with zero attached hydrogens (tertiary/aromatic N) is 1. The third-order valence-electron chi connectivity index (χ3n) is 3.75. The highest BCUT2D eigenvalue weighted by molar-refractivity contribution is 5.18. The summed E-state index contributed by atoms with van der Waals surface area (Å²) < 4.78 is 0. The van der Waals surface area contributed by atoms with Gasteiger partial charge < -0.3 is 5.73 Å². The van der Waals surface area contributed by atoms with Gasteiger partial charge in [-0.05, 0) is 43.7 Å². The summed E-state index contributed by atoms with van der Waals surface area (Å²) in [7, 11) is 0. The summed E-state index contributed by atoms with van der Waals surface area (Å²) in [6.07, 6.45) is 10.3. The molecule has 0 spiro atoms. The van der Waals surface area contributed by atoms with Gasteiger partial charge in [-0.1, -0.05) is 36.3 Å². The molecule has 2 nitrogen and oxygen atoms in total. The van der Waals surface area contributed by atoms with Crippen molar-refractivity contribution >= 4 is 0 Å². The second kappa shape index (κ2) is 7.33. The van der Waals surface area contributed by atoms with E-state index < -0.39 is 0 Å². The van der Waals surface area contributed by atoms with Crippen molar-refractivity contribution in [2.45, 2.75) is 31.7 Å². The molecule has 1 aromatic carbocycles. The van der Waals surface area contributed by atoms with Crippen LogP contribution >= 0.6 is 0 Å². The third-order valence-corrected chi connectivity index (χ3v) is 3.75. The average molecular weight is 256 g/mol. The van der Waals surface area contributed by atoms with E-state index in [4.69, 9.17) is 12.2 Å². The van der Waals surface area contributed by atoms with Crippen LogP contribution in [0.25, 0.3) is 0 Å². The van der Waals surface area contributed by atoms with Gasteiger partial charge in [-0.25, -0.2) is 0 Å². The van der Waals surface area contributed by atoms with Crippen molar-refractivity contribution in [2.24, 2.45) is 11.7 Å². The zero-order chi connectivity index (χ0) is 13.5. The Morgan fingerprint density at radius 2 is 2.05 bits per heavy atom. The van der Waals surface area contributed by atoms with Crippen LogP contribution in [0.4, 0.5) is 0 Å². The van der Waals surface area contributed by atoms with E-state index in [1.165, 1.54) is 24.9 Å². The smallest absolute Gasteiger partial charge is 0.0599 e. The van der Waals surface area contributed by atoms with E-state index >= 15 is 0 Å². The molecule has 0 amide bonds. The van der Waals surface area contributed by atoms with Gasteiger partial charge in [0.2, 0.25) is 0 Å². The zero-order valence-corrected chi connectivity index (χ0v) is 11.6. The number of terminal acetylenes is 1. The molecule has 2 rings (SSSR count). The predicted molar refractivity (Wildman–Crippen MR) is 80.6 cm³/mol. The number of hydrogen-bond donors (Lipinski definition) is 1. The lowest BCUT2D eigenvalue weighted by atomic mass is 10.0. The summed E-state index contributed by atoms with van der Waals surface area (Å²) in [4.78, 5) is 2.40. The second-order valence-corrected chi connectivity index (χ2v) is 5.54. The molecule has 1 atom stereocenters. The molecular formula is C17H24N2. The molecule has 1 aliphatic rings. The molecule has 0 aromatic heterocycles. The van der Waals surface area contributed by atoms with Crippen molar-refractivity contribution in [3.63, 3.8) is 0 Å². The highest BCUT2D eigenvalue weighted by Crippen LogP contribution is 2.29. The molecule has 0 aliphatic heterocycles. The number of rotatable bonds is 8. The Morgan fingerprint density at radius 1 is 1.32 bits per heavy atom. The van der Waals surface area contributed by atoms with Crippen molar-refractivity contribution in [3.8, 4) is 12.3 Å². The number of nitrogens with two attached hydrogens (primary N) is 1. The average Bonchev–Trinajstić information content (AvgIpc) is 3.24. The lowest BCUT2D eigenvalue weighted by Crippen LogP contribution is -2.28. The van der Waals surface area contributed by atoms with E-state index in [9.17, 15) is 0 Å². The van der Waals surface area contributed by atoms with Crippen LogP contribution < -0.4 is 5.73 Å². The van der Waals surface area contributed by atoms with Crippen LogP contribution in [-0.4, -0.2) is 24.5 Å². The van der Waals surface area contributed by atoms with E-state index in [0.29, 0.717) is 0 Å². The molecule has 1 unspecified atom stereocenters. The van der Waals surface area contributed by atoms with Gasteiger partial charge in [-0.3, -0.25) is 4.90 Å². The molecule has 1 aliphatic carbocycles. The standard InChI is InChI=1S/C17H24N2/c1-2-12-19(14-15-10-11-15)13-6-9-17(18)16-7-4-3-5-8-16/h1,3-5,7-8,15,17H,6,9-14,18H2. The van der Waals surface area contributed by atoms with Crippen molar-refractivity contribution in [1.82, 2.24) is 4.90 Å². The number of hydrogen-bond acceptors (Lipinski definition) is 2. The van der Waals surface area contributed by atoms with Crippen LogP contribution in [0.2, 0.25) is 0 Å². The molecule has 0 bridgehead atoms. The Balaban J connectivity index is 1.70. The fourth-order valence-electron chi connectivity index (χ4n) is 2.43. The Morgan fingerprint density at radius 3 is 2.68 bits per heavy atom. The maximum atomic E-state index is 6.21. The van der Waals surface area contributed by atoms with Crippen LogP contribution in [0.5, 0.6) is 0 Å². The van der Waals surface area contributed by atoms with Gasteiger partial charge in [0.1, 0.15) is 0 Å². The van der Waals surface area contributed by atoms with Crippen LogP contribution in [0.15, 0.2) is 30.3 Å². The first kappa shape index (κ1) is 14.1. The fourth-order valence-corrected chi connectivity index (χ4v) is 2.43. The van der Waals surface area contributed by atoms with Crippen molar-refractivity contribution in [3.05, 3.63) is 35.9 Å². The molecule has 0 radical (unpaired) electrons. The summed E-state index contributed by atoms with van der Waals surface area (Å²) in [5, 5.41) is 0. The molecule has 1 aromatic rings. The molecule has 102 valence electrons. The summed E-state index contributed by atoms with van der Waals surface area (Å²) in [6, 6.07) is 10.5. The molecule has 2 N–H and O–H groups in total. The largest absolute Gasteiger partial charge is 0.324 e. The quantitative estimate of drug-likeness (QED) is 0.725. The van der Waals surface area contributed by atoms with Gasteiger partial charge in [0.25, 0.3) is 0 Å². The zero-order valence-electron chi connectivity index (χ0n) is 11.6. The van der Waals surface area contributed by atoms with E-state index in [0.717, 1.165) is 31.8 Å². The van der Waals surface area contributed by atoms with Gasteiger partial charge in [0.05, 0.1) is 6.54 Å². The van der Waals surface area contributed by atoms with Gasteiger partial charge in [0, 0.05) is 12.6 Å². The van der Waals surface area contributed by atoms with E-state index in [1.807, 2.05) is 18.2 Å². The summed E-state index contributed by atoms with van der Waals surface area (Å²) in [6.45, 7) is 3.02. The maximum absolute atomic E-state index is 6.21. The highest BCUT2D eigenvalue weighted by atomic mass is 15.1. The normalized spacial score (nSPS) is 16.3. The van der Waals surface area contributed by atoms with Gasteiger partial charge in [-0.15, -0.1) is 6.42 Å². The molecule has 1 saturated carbocycles. The molecule has 2 heteroatoms. The predicted octanol–water partition coefficient (Wildman–Crippen LogP) is 2.81. The Hall–Kier alpha value is -1.30. The van der Waals surface area contributed by atoms with E-state index in [2.05, 4.69) is 23.0 Å². The van der Waals surface area contributed by atoms with Crippen LogP contribution in [0, 0.1) is 18.3 Å². The Bertz CT molecular complexity index is 403. The molecular weight excluding hydrogens is 232 g/mol. The van der Waals surface area contributed by atoms with Gasteiger partial charge in [-0.2, -0.15) is 0 Å². The van der Waals surface area contributed by atoms with Crippen LogP contribution in [0.1, 0.15) is 37.3 Å². The number of benzene rings is 1. The maximum Gasteiger partial charge on any atom is 0.0599 e. The first-order valence-corrected chi connectivity index (χ1v) is 7.26. The van der Waals surface area contributed by atoms with Crippen LogP contribution in [-0.2, 0) is 0 Å². The van der Waals surface area contributed by atoms with Crippen LogP contribution in [0.3, 0.4) is 0 Å². The molecule has 0 saturated heterocycles. The van der Waals surface area contributed by atoms with Crippen molar-refractivity contribution in [1.29, 1.82) is 0 Å². The lowest BCUT2D eigenvalue weighted by Gasteiger charge is -2.20. The monoisotopic (exact) mass is 256 g/mol. The first-order valence-electron chi connectivity index (χ1n) is 7.26.